The largest absolute Gasteiger partial charge is 0.478 e. The Morgan fingerprint density at radius 3 is 1.33 bits per heavy atom. The van der Waals surface area contributed by atoms with Crippen LogP contribution in [-0.4, -0.2) is 23.7 Å². The molecule has 0 unspecified atom stereocenters. The second-order valence-electron chi connectivity index (χ2n) is 9.51. The van der Waals surface area contributed by atoms with Crippen LogP contribution in [0.2, 0.25) is 0 Å². The number of ether oxygens (including phenoxy) is 1. The number of hydrogen-bond donors (Lipinski definition) is 1. The molecule has 0 aliphatic carbocycles. The highest BCUT2D eigenvalue weighted by molar-refractivity contribution is 5.94. The Balaban J connectivity index is 3.28. The summed E-state index contributed by atoms with van der Waals surface area (Å²) in [6.45, 7) is 7.65. The van der Waals surface area contributed by atoms with Crippen LogP contribution in [0.5, 0.6) is 0 Å². The van der Waals surface area contributed by atoms with Gasteiger partial charge in [0.2, 0.25) is 0 Å². The van der Waals surface area contributed by atoms with E-state index in [2.05, 4.69) is 13.5 Å². The van der Waals surface area contributed by atoms with Crippen molar-refractivity contribution in [1.82, 2.24) is 0 Å². The molecule has 33 heavy (non-hydrogen) atoms. The molecule has 0 heterocycles. The molecule has 0 amide bonds. The summed E-state index contributed by atoms with van der Waals surface area (Å²) in [4.78, 5) is 22.5. The predicted molar refractivity (Wildman–Crippen MR) is 140 cm³/mol. The third-order valence-electron chi connectivity index (χ3n) is 6.22. The number of carboxylic acid groups (broad SMARTS) is 1. The number of esters is 1. The van der Waals surface area contributed by atoms with Crippen molar-refractivity contribution in [1.29, 1.82) is 0 Å². The second kappa shape index (κ2) is 23.6. The zero-order chi connectivity index (χ0) is 24.6. The minimum atomic E-state index is -1.06. The van der Waals surface area contributed by atoms with Gasteiger partial charge in [0.1, 0.15) is 0 Å². The average Bonchev–Trinajstić information content (AvgIpc) is 2.79. The van der Waals surface area contributed by atoms with Crippen LogP contribution < -0.4 is 0 Å². The molecule has 192 valence electrons. The highest BCUT2D eigenvalue weighted by atomic mass is 16.5. The third-order valence-corrected chi connectivity index (χ3v) is 6.22. The van der Waals surface area contributed by atoms with E-state index in [4.69, 9.17) is 9.84 Å². The highest BCUT2D eigenvalue weighted by Gasteiger charge is 2.08. The first kappa shape index (κ1) is 31.4. The Labute approximate surface area is 204 Å². The number of hydrogen-bond acceptors (Lipinski definition) is 3. The van der Waals surface area contributed by atoms with E-state index < -0.39 is 11.9 Å². The molecule has 0 aromatic heterocycles. The number of carbonyl (C=O) groups excluding carboxylic acids is 1. The van der Waals surface area contributed by atoms with E-state index in [0.29, 0.717) is 6.61 Å². The topological polar surface area (TPSA) is 63.6 Å². The Kier molecular flexibility index (Phi) is 22.4. The van der Waals surface area contributed by atoms with Gasteiger partial charge in [0.15, 0.2) is 0 Å². The smallest absolute Gasteiger partial charge is 0.337 e. The number of aliphatic carboxylic acids is 1. The lowest BCUT2D eigenvalue weighted by Crippen LogP contribution is -2.08. The lowest BCUT2D eigenvalue weighted by molar-refractivity contribution is -0.138. The van der Waals surface area contributed by atoms with Gasteiger partial charge in [-0.25, -0.2) is 9.59 Å². The Hall–Kier alpha value is -1.58. The van der Waals surface area contributed by atoms with Gasteiger partial charge >= 0.3 is 11.9 Å². The van der Waals surface area contributed by atoms with Crippen LogP contribution in [0.15, 0.2) is 23.8 Å². The number of carbonyl (C=O) groups is 2. The van der Waals surface area contributed by atoms with Gasteiger partial charge in [0.25, 0.3) is 0 Å². The van der Waals surface area contributed by atoms with Crippen molar-refractivity contribution in [3.63, 3.8) is 0 Å². The van der Waals surface area contributed by atoms with Crippen molar-refractivity contribution >= 4 is 11.9 Å². The minimum Gasteiger partial charge on any atom is -0.478 e. The van der Waals surface area contributed by atoms with Gasteiger partial charge in [0, 0.05) is 5.57 Å². The molecule has 0 rings (SSSR count). The van der Waals surface area contributed by atoms with E-state index >= 15 is 0 Å². The quantitative estimate of drug-likeness (QED) is 0.0670. The molecule has 0 saturated heterocycles. The molecule has 0 aromatic carbocycles. The maximum absolute atomic E-state index is 11.7. The first-order chi connectivity index (χ1) is 16.0. The van der Waals surface area contributed by atoms with Crippen LogP contribution in [0.4, 0.5) is 0 Å². The fourth-order valence-electron chi connectivity index (χ4n) is 4.00. The van der Waals surface area contributed by atoms with Gasteiger partial charge in [-0.1, -0.05) is 135 Å². The molecular weight excluding hydrogens is 412 g/mol. The third kappa shape index (κ3) is 22.0. The van der Waals surface area contributed by atoms with E-state index in [1.54, 1.807) is 0 Å². The van der Waals surface area contributed by atoms with Crippen LogP contribution in [0.25, 0.3) is 0 Å². The van der Waals surface area contributed by atoms with Crippen LogP contribution >= 0.6 is 0 Å². The van der Waals surface area contributed by atoms with Crippen LogP contribution in [0.1, 0.15) is 142 Å². The van der Waals surface area contributed by atoms with Crippen molar-refractivity contribution in [3.05, 3.63) is 23.8 Å². The van der Waals surface area contributed by atoms with E-state index in [1.807, 2.05) is 0 Å². The lowest BCUT2D eigenvalue weighted by Gasteiger charge is -2.06. The average molecular weight is 465 g/mol. The summed E-state index contributed by atoms with van der Waals surface area (Å²) < 4.78 is 5.15. The summed E-state index contributed by atoms with van der Waals surface area (Å²) in [6, 6.07) is 0. The van der Waals surface area contributed by atoms with E-state index in [1.165, 1.54) is 129 Å². The van der Waals surface area contributed by atoms with Crippen molar-refractivity contribution in [3.8, 4) is 0 Å². The fourth-order valence-corrected chi connectivity index (χ4v) is 4.00. The summed E-state index contributed by atoms with van der Waals surface area (Å²) in [5.41, 5.74) is 0.166. The SMILES string of the molecule is C=C(/C=C(\C)C(=O)O)C(=O)OCCCCCCCCCCCCCCCCCCCCCC. The van der Waals surface area contributed by atoms with Crippen molar-refractivity contribution < 1.29 is 19.4 Å². The fraction of sp³-hybridized carbons (Fsp3) is 0.793. The number of unbranched alkanes of at least 4 members (excludes halogenated alkanes) is 19. The summed E-state index contributed by atoms with van der Waals surface area (Å²) in [6.07, 6.45) is 28.0. The standard InChI is InChI=1S/C29H52O4/c1-4-5-6-7-8-9-10-11-12-13-14-15-16-17-18-19-20-21-22-23-24-33-29(32)27(3)25-26(2)28(30)31/h25H,3-24H2,1-2H3,(H,30,31)/b26-25+. The summed E-state index contributed by atoms with van der Waals surface area (Å²) in [5.74, 6) is -1.59. The monoisotopic (exact) mass is 464 g/mol. The second-order valence-corrected chi connectivity index (χ2v) is 9.51. The van der Waals surface area contributed by atoms with Crippen LogP contribution in [0, 0.1) is 0 Å². The van der Waals surface area contributed by atoms with Gasteiger partial charge in [-0.05, 0) is 19.4 Å². The normalized spacial score (nSPS) is 11.5. The highest BCUT2D eigenvalue weighted by Crippen LogP contribution is 2.15. The molecule has 0 spiro atoms. The lowest BCUT2D eigenvalue weighted by atomic mass is 10.0. The Morgan fingerprint density at radius 1 is 0.667 bits per heavy atom. The van der Waals surface area contributed by atoms with Crippen molar-refractivity contribution in [2.45, 2.75) is 142 Å². The van der Waals surface area contributed by atoms with Gasteiger partial charge in [-0.2, -0.15) is 0 Å². The van der Waals surface area contributed by atoms with Gasteiger partial charge < -0.3 is 9.84 Å². The maximum atomic E-state index is 11.7. The Bertz CT molecular complexity index is 536. The molecular formula is C29H52O4. The maximum Gasteiger partial charge on any atom is 0.337 e. The molecule has 0 atom stereocenters. The summed E-state index contributed by atoms with van der Waals surface area (Å²) in [5, 5.41) is 8.81. The van der Waals surface area contributed by atoms with Crippen LogP contribution in [-0.2, 0) is 14.3 Å². The van der Waals surface area contributed by atoms with Crippen LogP contribution in [0.3, 0.4) is 0 Å². The molecule has 0 aliphatic rings. The summed E-state index contributed by atoms with van der Waals surface area (Å²) >= 11 is 0. The number of carboxylic acids is 1. The van der Waals surface area contributed by atoms with Crippen molar-refractivity contribution in [2.75, 3.05) is 6.61 Å². The zero-order valence-corrected chi connectivity index (χ0v) is 21.8. The first-order valence-corrected chi connectivity index (χ1v) is 13.8. The Morgan fingerprint density at radius 2 is 1.00 bits per heavy atom. The van der Waals surface area contributed by atoms with Gasteiger partial charge in [-0.15, -0.1) is 0 Å². The molecule has 0 aromatic rings. The summed E-state index contributed by atoms with van der Waals surface area (Å²) in [7, 11) is 0. The predicted octanol–water partition coefficient (Wildman–Crippen LogP) is 8.94. The molecule has 0 bridgehead atoms. The number of rotatable bonds is 24. The van der Waals surface area contributed by atoms with Gasteiger partial charge in [0.05, 0.1) is 12.2 Å². The minimum absolute atomic E-state index is 0.0794. The van der Waals surface area contributed by atoms with E-state index in [9.17, 15) is 9.59 Å². The zero-order valence-electron chi connectivity index (χ0n) is 21.8. The molecule has 0 radical (unpaired) electrons. The molecule has 0 aliphatic heterocycles. The molecule has 0 saturated carbocycles. The van der Waals surface area contributed by atoms with E-state index in [0.717, 1.165) is 12.8 Å². The molecule has 4 heteroatoms. The van der Waals surface area contributed by atoms with Crippen molar-refractivity contribution in [2.24, 2.45) is 0 Å². The molecule has 1 N–H and O–H groups in total. The molecule has 4 nitrogen and oxygen atoms in total. The van der Waals surface area contributed by atoms with Gasteiger partial charge in [-0.3, -0.25) is 0 Å². The molecule has 0 fully saturated rings. The van der Waals surface area contributed by atoms with E-state index in [-0.39, 0.29) is 11.1 Å². The first-order valence-electron chi connectivity index (χ1n) is 13.8.